The summed E-state index contributed by atoms with van der Waals surface area (Å²) in [6.45, 7) is 6.44. The number of halogens is 1. The minimum Gasteiger partial charge on any atom is -0.321 e. The van der Waals surface area contributed by atoms with E-state index in [9.17, 15) is 4.79 Å². The molecule has 0 bridgehead atoms. The second-order valence-electron chi connectivity index (χ2n) is 6.76. The number of rotatable bonds is 5. The average Bonchev–Trinajstić information content (AvgIpc) is 2.70. The molecule has 2 rings (SSSR count). The number of nitrogens with zero attached hydrogens (tertiary/aromatic N) is 2. The zero-order valence-electron chi connectivity index (χ0n) is 13.2. The van der Waals surface area contributed by atoms with E-state index in [-0.39, 0.29) is 17.5 Å². The Kier molecular flexibility index (Phi) is 4.91. The normalized spacial score (nSPS) is 19.6. The van der Waals surface area contributed by atoms with Crippen LogP contribution in [0.15, 0.2) is 24.3 Å². The molecule has 1 aromatic carbocycles. The molecule has 1 N–H and O–H groups in total. The summed E-state index contributed by atoms with van der Waals surface area (Å²) in [5, 5.41) is 4.00. The van der Waals surface area contributed by atoms with Gasteiger partial charge in [0.15, 0.2) is 0 Å². The molecule has 0 spiro atoms. The van der Waals surface area contributed by atoms with Crippen molar-refractivity contribution in [2.24, 2.45) is 5.41 Å². The molecule has 0 aromatic heterocycles. The van der Waals surface area contributed by atoms with Crippen molar-refractivity contribution in [1.82, 2.24) is 15.1 Å². The van der Waals surface area contributed by atoms with E-state index in [1.165, 1.54) is 0 Å². The molecule has 0 aliphatic carbocycles. The van der Waals surface area contributed by atoms with Crippen molar-refractivity contribution in [2.45, 2.75) is 20.0 Å². The minimum absolute atomic E-state index is 0.0376. The van der Waals surface area contributed by atoms with Gasteiger partial charge in [-0.05, 0) is 37.2 Å². The SMILES string of the molecule is CN(C)CC(C)(C)CN1C(=O)CNC1c1ccc(Cl)cc1. The minimum atomic E-state index is -0.0591. The van der Waals surface area contributed by atoms with Crippen LogP contribution in [-0.2, 0) is 4.79 Å². The number of carbonyl (C=O) groups is 1. The fourth-order valence-corrected chi connectivity index (χ4v) is 3.16. The fourth-order valence-electron chi connectivity index (χ4n) is 3.03. The standard InChI is InChI=1S/C16H24ClN3O/c1-16(2,10-19(3)4)11-20-14(21)9-18-15(20)12-5-7-13(17)8-6-12/h5-8,15,18H,9-11H2,1-4H3. The summed E-state index contributed by atoms with van der Waals surface area (Å²) in [7, 11) is 4.12. The molecule has 1 aromatic rings. The summed E-state index contributed by atoms with van der Waals surface area (Å²) >= 11 is 5.94. The molecule has 1 fully saturated rings. The van der Waals surface area contributed by atoms with Crippen LogP contribution in [-0.4, -0.2) is 49.4 Å². The first-order chi connectivity index (χ1) is 9.78. The molecule has 5 heteroatoms. The maximum atomic E-state index is 12.2. The van der Waals surface area contributed by atoms with Crippen molar-refractivity contribution >= 4 is 17.5 Å². The zero-order chi connectivity index (χ0) is 15.6. The molecular weight excluding hydrogens is 286 g/mol. The Labute approximate surface area is 132 Å². The van der Waals surface area contributed by atoms with Crippen LogP contribution in [0.3, 0.4) is 0 Å². The van der Waals surface area contributed by atoms with Gasteiger partial charge in [0.05, 0.1) is 6.54 Å². The maximum absolute atomic E-state index is 12.2. The highest BCUT2D eigenvalue weighted by molar-refractivity contribution is 6.30. The summed E-state index contributed by atoms with van der Waals surface area (Å²) in [4.78, 5) is 16.3. The van der Waals surface area contributed by atoms with E-state index < -0.39 is 0 Å². The first-order valence-electron chi connectivity index (χ1n) is 7.21. The van der Waals surface area contributed by atoms with E-state index in [1.54, 1.807) is 0 Å². The number of amides is 1. The number of benzene rings is 1. The van der Waals surface area contributed by atoms with Gasteiger partial charge in [-0.3, -0.25) is 10.1 Å². The van der Waals surface area contributed by atoms with Gasteiger partial charge < -0.3 is 9.80 Å². The Morgan fingerprint density at radius 2 is 1.95 bits per heavy atom. The van der Waals surface area contributed by atoms with Gasteiger partial charge in [-0.2, -0.15) is 0 Å². The van der Waals surface area contributed by atoms with Crippen LogP contribution in [0.4, 0.5) is 0 Å². The predicted octanol–water partition coefficient (Wildman–Crippen LogP) is 2.36. The van der Waals surface area contributed by atoms with Crippen molar-refractivity contribution in [3.63, 3.8) is 0 Å². The van der Waals surface area contributed by atoms with E-state index in [1.807, 2.05) is 29.2 Å². The monoisotopic (exact) mass is 309 g/mol. The van der Waals surface area contributed by atoms with Crippen molar-refractivity contribution in [1.29, 1.82) is 0 Å². The van der Waals surface area contributed by atoms with Crippen molar-refractivity contribution in [3.05, 3.63) is 34.9 Å². The lowest BCUT2D eigenvalue weighted by atomic mass is 9.91. The van der Waals surface area contributed by atoms with Gasteiger partial charge in [0.1, 0.15) is 6.17 Å². The van der Waals surface area contributed by atoms with Crippen LogP contribution < -0.4 is 5.32 Å². The lowest BCUT2D eigenvalue weighted by Crippen LogP contribution is -2.42. The number of hydrogen-bond donors (Lipinski definition) is 1. The molecule has 1 aliphatic heterocycles. The third-order valence-electron chi connectivity index (χ3n) is 3.61. The van der Waals surface area contributed by atoms with E-state index in [0.717, 1.165) is 18.7 Å². The number of nitrogens with one attached hydrogen (secondary N) is 1. The van der Waals surface area contributed by atoms with E-state index in [0.29, 0.717) is 11.6 Å². The van der Waals surface area contributed by atoms with Crippen molar-refractivity contribution in [2.75, 3.05) is 33.7 Å². The number of hydrogen-bond acceptors (Lipinski definition) is 3. The van der Waals surface area contributed by atoms with Gasteiger partial charge in [0.25, 0.3) is 0 Å². The van der Waals surface area contributed by atoms with Crippen LogP contribution in [0.5, 0.6) is 0 Å². The molecule has 4 nitrogen and oxygen atoms in total. The van der Waals surface area contributed by atoms with Crippen LogP contribution in [0.1, 0.15) is 25.6 Å². The van der Waals surface area contributed by atoms with Gasteiger partial charge in [0.2, 0.25) is 5.91 Å². The van der Waals surface area contributed by atoms with Crippen molar-refractivity contribution < 1.29 is 4.79 Å². The Morgan fingerprint density at radius 3 is 2.52 bits per heavy atom. The largest absolute Gasteiger partial charge is 0.321 e. The molecule has 1 amide bonds. The fraction of sp³-hybridized carbons (Fsp3) is 0.562. The molecule has 1 atom stereocenters. The van der Waals surface area contributed by atoms with Crippen LogP contribution in [0.25, 0.3) is 0 Å². The van der Waals surface area contributed by atoms with E-state index in [4.69, 9.17) is 11.6 Å². The van der Waals surface area contributed by atoms with Crippen LogP contribution in [0, 0.1) is 5.41 Å². The predicted molar refractivity (Wildman–Crippen MR) is 86.2 cm³/mol. The topological polar surface area (TPSA) is 35.6 Å². The highest BCUT2D eigenvalue weighted by atomic mass is 35.5. The quantitative estimate of drug-likeness (QED) is 0.907. The Hall–Kier alpha value is -1.10. The van der Waals surface area contributed by atoms with Crippen LogP contribution >= 0.6 is 11.6 Å². The van der Waals surface area contributed by atoms with E-state index >= 15 is 0 Å². The van der Waals surface area contributed by atoms with Gasteiger partial charge in [-0.15, -0.1) is 0 Å². The van der Waals surface area contributed by atoms with Gasteiger partial charge >= 0.3 is 0 Å². The molecule has 1 unspecified atom stereocenters. The summed E-state index contributed by atoms with van der Waals surface area (Å²) in [5.74, 6) is 0.154. The van der Waals surface area contributed by atoms with Crippen molar-refractivity contribution in [3.8, 4) is 0 Å². The molecule has 21 heavy (non-hydrogen) atoms. The molecule has 116 valence electrons. The lowest BCUT2D eigenvalue weighted by molar-refractivity contribution is -0.129. The molecular formula is C16H24ClN3O. The highest BCUT2D eigenvalue weighted by Crippen LogP contribution is 2.28. The summed E-state index contributed by atoms with van der Waals surface area (Å²) < 4.78 is 0. The molecule has 1 saturated heterocycles. The smallest absolute Gasteiger partial charge is 0.238 e. The Bertz CT molecular complexity index is 499. The summed E-state index contributed by atoms with van der Waals surface area (Å²) in [5.41, 5.74) is 1.11. The van der Waals surface area contributed by atoms with E-state index in [2.05, 4.69) is 38.2 Å². The first kappa shape index (κ1) is 16.3. The zero-order valence-corrected chi connectivity index (χ0v) is 13.9. The lowest BCUT2D eigenvalue weighted by Gasteiger charge is -2.35. The maximum Gasteiger partial charge on any atom is 0.238 e. The van der Waals surface area contributed by atoms with Gasteiger partial charge in [0, 0.05) is 18.1 Å². The first-order valence-corrected chi connectivity index (χ1v) is 7.59. The summed E-state index contributed by atoms with van der Waals surface area (Å²) in [6, 6.07) is 7.68. The third kappa shape index (κ3) is 4.19. The number of carbonyl (C=O) groups excluding carboxylic acids is 1. The van der Waals surface area contributed by atoms with Gasteiger partial charge in [-0.1, -0.05) is 37.6 Å². The second kappa shape index (κ2) is 6.34. The molecule has 0 radical (unpaired) electrons. The third-order valence-corrected chi connectivity index (χ3v) is 3.86. The molecule has 1 aliphatic rings. The Morgan fingerprint density at radius 1 is 1.33 bits per heavy atom. The highest BCUT2D eigenvalue weighted by Gasteiger charge is 2.35. The Balaban J connectivity index is 2.15. The second-order valence-corrected chi connectivity index (χ2v) is 7.20. The average molecular weight is 310 g/mol. The summed E-state index contributed by atoms with van der Waals surface area (Å²) in [6.07, 6.45) is -0.0591. The molecule has 0 saturated carbocycles. The van der Waals surface area contributed by atoms with Gasteiger partial charge in [-0.25, -0.2) is 0 Å². The molecule has 1 heterocycles. The van der Waals surface area contributed by atoms with Crippen LogP contribution in [0.2, 0.25) is 5.02 Å².